The number of hydrogen-bond donors (Lipinski definition) is 1. The minimum atomic E-state index is 0. The number of rotatable bonds is 8. The first-order chi connectivity index (χ1) is 13.3. The van der Waals surface area contributed by atoms with Crippen molar-refractivity contribution >= 4 is 29.9 Å². The van der Waals surface area contributed by atoms with E-state index in [1.807, 2.05) is 18.2 Å². The van der Waals surface area contributed by atoms with E-state index in [2.05, 4.69) is 35.0 Å². The second-order valence-corrected chi connectivity index (χ2v) is 7.81. The lowest BCUT2D eigenvalue weighted by Gasteiger charge is -2.23. The number of benzene rings is 1. The molecule has 28 heavy (non-hydrogen) atoms. The van der Waals surface area contributed by atoms with Crippen molar-refractivity contribution in [3.63, 3.8) is 0 Å². The molecule has 0 radical (unpaired) electrons. The number of nitrogens with one attached hydrogen (secondary N) is 1. The van der Waals surface area contributed by atoms with E-state index in [0.717, 1.165) is 50.2 Å². The van der Waals surface area contributed by atoms with Crippen LogP contribution in [0.2, 0.25) is 0 Å². The fourth-order valence-electron chi connectivity index (χ4n) is 4.08. The molecule has 2 fully saturated rings. The molecule has 0 spiro atoms. The van der Waals surface area contributed by atoms with Gasteiger partial charge in [-0.1, -0.05) is 18.2 Å². The maximum atomic E-state index is 5.89. The molecule has 0 aliphatic carbocycles. The molecule has 1 aromatic rings. The Hall–Kier alpha value is -1.02. The second kappa shape index (κ2) is 12.5. The van der Waals surface area contributed by atoms with E-state index in [-0.39, 0.29) is 24.0 Å². The smallest absolute Gasteiger partial charge is 0.193 e. The highest BCUT2D eigenvalue weighted by Gasteiger charge is 2.27. The molecule has 0 bridgehead atoms. The van der Waals surface area contributed by atoms with Gasteiger partial charge in [-0.2, -0.15) is 0 Å². The van der Waals surface area contributed by atoms with Crippen LogP contribution in [0.25, 0.3) is 0 Å². The van der Waals surface area contributed by atoms with E-state index in [4.69, 9.17) is 9.73 Å². The molecule has 1 unspecified atom stereocenters. The van der Waals surface area contributed by atoms with Gasteiger partial charge in [-0.05, 0) is 63.7 Å². The summed E-state index contributed by atoms with van der Waals surface area (Å²) in [6.45, 7) is 12.8. The maximum Gasteiger partial charge on any atom is 0.193 e. The molecule has 2 aliphatic heterocycles. The number of ether oxygens (including phenoxy) is 1. The van der Waals surface area contributed by atoms with E-state index < -0.39 is 0 Å². The molecule has 6 heteroatoms. The van der Waals surface area contributed by atoms with E-state index in [0.29, 0.717) is 6.61 Å². The SMILES string of the molecule is CCNC(=NCCCOc1ccccc1C)N1CCC(CN2CCCC2)C1.I. The lowest BCUT2D eigenvalue weighted by Crippen LogP contribution is -2.40. The summed E-state index contributed by atoms with van der Waals surface area (Å²) >= 11 is 0. The van der Waals surface area contributed by atoms with E-state index in [9.17, 15) is 0 Å². The van der Waals surface area contributed by atoms with Crippen molar-refractivity contribution in [3.05, 3.63) is 29.8 Å². The topological polar surface area (TPSA) is 40.1 Å². The van der Waals surface area contributed by atoms with Crippen LogP contribution in [0.1, 0.15) is 38.2 Å². The molecule has 0 amide bonds. The summed E-state index contributed by atoms with van der Waals surface area (Å²) in [7, 11) is 0. The Morgan fingerprint density at radius 2 is 2.00 bits per heavy atom. The molecule has 2 aliphatic rings. The summed E-state index contributed by atoms with van der Waals surface area (Å²) in [6, 6.07) is 8.19. The first-order valence-corrected chi connectivity index (χ1v) is 10.7. The molecule has 3 rings (SSSR count). The Balaban J connectivity index is 0.00000280. The molecule has 0 aromatic heterocycles. The third kappa shape index (κ3) is 7.10. The van der Waals surface area contributed by atoms with Gasteiger partial charge in [0.15, 0.2) is 5.96 Å². The zero-order valence-corrected chi connectivity index (χ0v) is 19.9. The second-order valence-electron chi connectivity index (χ2n) is 7.81. The van der Waals surface area contributed by atoms with Gasteiger partial charge in [0.25, 0.3) is 0 Å². The van der Waals surface area contributed by atoms with Gasteiger partial charge in [0.05, 0.1) is 6.61 Å². The van der Waals surface area contributed by atoms with Crippen LogP contribution in [-0.4, -0.2) is 68.2 Å². The third-order valence-electron chi connectivity index (χ3n) is 5.55. The average molecular weight is 500 g/mol. The van der Waals surface area contributed by atoms with Gasteiger partial charge in [0.2, 0.25) is 0 Å². The summed E-state index contributed by atoms with van der Waals surface area (Å²) in [6.07, 6.45) is 4.99. The summed E-state index contributed by atoms with van der Waals surface area (Å²) in [5.41, 5.74) is 1.19. The standard InChI is InChI=1S/C22H36N4O.HI/c1-3-23-22(24-12-8-16-27-21-10-5-4-9-19(21)2)26-15-11-20(18-26)17-25-13-6-7-14-25;/h4-5,9-10,20H,3,6-8,11-18H2,1-2H3,(H,23,24);1H. The number of likely N-dealkylation sites (tertiary alicyclic amines) is 2. The minimum absolute atomic E-state index is 0. The van der Waals surface area contributed by atoms with E-state index in [1.54, 1.807) is 0 Å². The Morgan fingerprint density at radius 1 is 1.21 bits per heavy atom. The summed E-state index contributed by atoms with van der Waals surface area (Å²) in [4.78, 5) is 9.94. The zero-order chi connectivity index (χ0) is 18.9. The van der Waals surface area contributed by atoms with Crippen molar-refractivity contribution in [2.75, 3.05) is 52.4 Å². The van der Waals surface area contributed by atoms with Gasteiger partial charge in [0.1, 0.15) is 5.75 Å². The number of halogens is 1. The van der Waals surface area contributed by atoms with Gasteiger partial charge in [-0.25, -0.2) is 0 Å². The van der Waals surface area contributed by atoms with Crippen LogP contribution in [0, 0.1) is 12.8 Å². The fourth-order valence-corrected chi connectivity index (χ4v) is 4.08. The minimum Gasteiger partial charge on any atom is -0.493 e. The quantitative estimate of drug-likeness (QED) is 0.256. The fraction of sp³-hybridized carbons (Fsp3) is 0.682. The van der Waals surface area contributed by atoms with Crippen LogP contribution in [0.15, 0.2) is 29.3 Å². The Bertz CT molecular complexity index is 604. The van der Waals surface area contributed by atoms with Crippen molar-refractivity contribution in [3.8, 4) is 5.75 Å². The predicted octanol–water partition coefficient (Wildman–Crippen LogP) is 3.77. The first-order valence-electron chi connectivity index (χ1n) is 10.7. The zero-order valence-electron chi connectivity index (χ0n) is 17.5. The largest absolute Gasteiger partial charge is 0.493 e. The van der Waals surface area contributed by atoms with Gasteiger partial charge in [-0.15, -0.1) is 24.0 Å². The van der Waals surface area contributed by atoms with Crippen molar-refractivity contribution in [2.24, 2.45) is 10.9 Å². The monoisotopic (exact) mass is 500 g/mol. The molecule has 1 N–H and O–H groups in total. The van der Waals surface area contributed by atoms with Crippen molar-refractivity contribution in [2.45, 2.75) is 39.5 Å². The highest BCUT2D eigenvalue weighted by molar-refractivity contribution is 14.0. The lowest BCUT2D eigenvalue weighted by atomic mass is 10.1. The molecule has 1 aromatic carbocycles. The molecule has 158 valence electrons. The summed E-state index contributed by atoms with van der Waals surface area (Å²) in [5, 5.41) is 3.48. The van der Waals surface area contributed by atoms with E-state index >= 15 is 0 Å². The van der Waals surface area contributed by atoms with Crippen molar-refractivity contribution in [1.82, 2.24) is 15.1 Å². The highest BCUT2D eigenvalue weighted by atomic mass is 127. The van der Waals surface area contributed by atoms with Crippen LogP contribution in [-0.2, 0) is 0 Å². The Kier molecular flexibility index (Phi) is 10.4. The van der Waals surface area contributed by atoms with Crippen LogP contribution in [0.5, 0.6) is 5.75 Å². The normalized spacial score (nSPS) is 20.3. The first kappa shape index (κ1) is 23.3. The number of aliphatic imine (C=N–C) groups is 1. The highest BCUT2D eigenvalue weighted by Crippen LogP contribution is 2.20. The lowest BCUT2D eigenvalue weighted by molar-refractivity contribution is 0.281. The van der Waals surface area contributed by atoms with Gasteiger partial charge in [-0.3, -0.25) is 4.99 Å². The number of aryl methyl sites for hydroxylation is 1. The molecular formula is C22H37IN4O. The van der Waals surface area contributed by atoms with Crippen molar-refractivity contribution in [1.29, 1.82) is 0 Å². The third-order valence-corrected chi connectivity index (χ3v) is 5.55. The summed E-state index contributed by atoms with van der Waals surface area (Å²) in [5.74, 6) is 2.85. The van der Waals surface area contributed by atoms with Gasteiger partial charge in [0, 0.05) is 39.1 Å². The molecule has 2 heterocycles. The molecule has 5 nitrogen and oxygen atoms in total. The van der Waals surface area contributed by atoms with Crippen molar-refractivity contribution < 1.29 is 4.74 Å². The number of nitrogens with zero attached hydrogens (tertiary/aromatic N) is 3. The molecule has 2 saturated heterocycles. The van der Waals surface area contributed by atoms with E-state index in [1.165, 1.54) is 44.5 Å². The molecular weight excluding hydrogens is 463 g/mol. The molecule has 1 atom stereocenters. The number of guanidine groups is 1. The average Bonchev–Trinajstić information content (AvgIpc) is 3.34. The van der Waals surface area contributed by atoms with Gasteiger partial charge < -0.3 is 19.9 Å². The number of hydrogen-bond acceptors (Lipinski definition) is 3. The van der Waals surface area contributed by atoms with Crippen LogP contribution >= 0.6 is 24.0 Å². The van der Waals surface area contributed by atoms with Gasteiger partial charge >= 0.3 is 0 Å². The van der Waals surface area contributed by atoms with Crippen LogP contribution < -0.4 is 10.1 Å². The predicted molar refractivity (Wildman–Crippen MR) is 128 cm³/mol. The Labute approximate surface area is 187 Å². The Morgan fingerprint density at radius 3 is 2.75 bits per heavy atom. The number of para-hydroxylation sites is 1. The molecule has 0 saturated carbocycles. The van der Waals surface area contributed by atoms with Crippen LogP contribution in [0.4, 0.5) is 0 Å². The van der Waals surface area contributed by atoms with Crippen LogP contribution in [0.3, 0.4) is 0 Å². The maximum absolute atomic E-state index is 5.89. The summed E-state index contributed by atoms with van der Waals surface area (Å²) < 4.78 is 5.89.